The minimum absolute atomic E-state index is 0.0447. The molecule has 3 nitrogen and oxygen atoms in total. The van der Waals surface area contributed by atoms with E-state index in [1.165, 1.54) is 0 Å². The number of carbonyl (C=O) groups excluding carboxylic acids is 1. The topological polar surface area (TPSA) is 41.1 Å². The quantitative estimate of drug-likeness (QED) is 0.847. The first-order valence-electron chi connectivity index (χ1n) is 6.31. The minimum Gasteiger partial charge on any atom is -0.353 e. The van der Waals surface area contributed by atoms with E-state index in [0.717, 1.165) is 16.5 Å². The second-order valence-electron chi connectivity index (χ2n) is 4.50. The van der Waals surface area contributed by atoms with Crippen LogP contribution in [0.2, 0.25) is 0 Å². The zero-order valence-electron chi connectivity index (χ0n) is 11.2. The lowest BCUT2D eigenvalue weighted by atomic mass is 10.1. The Morgan fingerprint density at radius 1 is 1.33 bits per heavy atom. The number of amides is 1. The molecule has 4 heteroatoms. The van der Waals surface area contributed by atoms with Gasteiger partial charge < -0.3 is 10.6 Å². The lowest BCUT2D eigenvalue weighted by Gasteiger charge is -2.17. The molecule has 1 amide bonds. The standard InChI is InChI=1S/C14H21BrN2O/c1-4-10(2)17-14(18)9-16-11(3)12-7-5-6-8-13(12)15/h5-8,10-11,16H,4,9H2,1-3H3,(H,17,18)/t10?,11-/m0/s1. The van der Waals surface area contributed by atoms with Crippen molar-refractivity contribution in [3.05, 3.63) is 34.3 Å². The van der Waals surface area contributed by atoms with Gasteiger partial charge in [0.2, 0.25) is 5.91 Å². The van der Waals surface area contributed by atoms with Crippen LogP contribution in [0.3, 0.4) is 0 Å². The molecule has 0 heterocycles. The van der Waals surface area contributed by atoms with Crippen LogP contribution in [0.25, 0.3) is 0 Å². The molecule has 0 bridgehead atoms. The molecule has 2 N–H and O–H groups in total. The maximum Gasteiger partial charge on any atom is 0.234 e. The summed E-state index contributed by atoms with van der Waals surface area (Å²) in [4.78, 5) is 11.6. The molecule has 18 heavy (non-hydrogen) atoms. The number of rotatable bonds is 6. The van der Waals surface area contributed by atoms with Gasteiger partial charge in [-0.15, -0.1) is 0 Å². The lowest BCUT2D eigenvalue weighted by Crippen LogP contribution is -2.39. The van der Waals surface area contributed by atoms with Crippen LogP contribution in [0.1, 0.15) is 38.8 Å². The minimum atomic E-state index is 0.0447. The molecule has 2 atom stereocenters. The first kappa shape index (κ1) is 15.2. The Morgan fingerprint density at radius 3 is 2.61 bits per heavy atom. The second kappa shape index (κ2) is 7.54. The van der Waals surface area contributed by atoms with Crippen molar-refractivity contribution in [1.82, 2.24) is 10.6 Å². The Kier molecular flexibility index (Phi) is 6.36. The third-order valence-electron chi connectivity index (χ3n) is 2.96. The summed E-state index contributed by atoms with van der Waals surface area (Å²) in [5.41, 5.74) is 1.16. The van der Waals surface area contributed by atoms with Gasteiger partial charge in [-0.1, -0.05) is 41.1 Å². The molecular weight excluding hydrogens is 292 g/mol. The van der Waals surface area contributed by atoms with Gasteiger partial charge in [0.15, 0.2) is 0 Å². The zero-order valence-corrected chi connectivity index (χ0v) is 12.8. The maximum atomic E-state index is 11.6. The lowest BCUT2D eigenvalue weighted by molar-refractivity contribution is -0.120. The van der Waals surface area contributed by atoms with E-state index >= 15 is 0 Å². The molecule has 0 radical (unpaired) electrons. The monoisotopic (exact) mass is 312 g/mol. The molecule has 0 aliphatic heterocycles. The fraction of sp³-hybridized carbons (Fsp3) is 0.500. The third kappa shape index (κ3) is 4.78. The van der Waals surface area contributed by atoms with E-state index in [4.69, 9.17) is 0 Å². The summed E-state index contributed by atoms with van der Waals surface area (Å²) in [6.45, 7) is 6.46. The molecule has 0 fully saturated rings. The van der Waals surface area contributed by atoms with Gasteiger partial charge >= 0.3 is 0 Å². The van der Waals surface area contributed by atoms with Crippen molar-refractivity contribution in [2.24, 2.45) is 0 Å². The van der Waals surface area contributed by atoms with Crippen molar-refractivity contribution in [3.63, 3.8) is 0 Å². The van der Waals surface area contributed by atoms with Crippen molar-refractivity contribution in [2.45, 2.75) is 39.3 Å². The van der Waals surface area contributed by atoms with Crippen LogP contribution in [0, 0.1) is 0 Å². The molecule has 0 saturated carbocycles. The van der Waals surface area contributed by atoms with E-state index in [-0.39, 0.29) is 18.0 Å². The summed E-state index contributed by atoms with van der Waals surface area (Å²) < 4.78 is 1.06. The average molecular weight is 313 g/mol. The van der Waals surface area contributed by atoms with Gasteiger partial charge in [-0.2, -0.15) is 0 Å². The van der Waals surface area contributed by atoms with Gasteiger partial charge in [0.1, 0.15) is 0 Å². The van der Waals surface area contributed by atoms with Gasteiger partial charge in [-0.05, 0) is 31.9 Å². The summed E-state index contributed by atoms with van der Waals surface area (Å²) in [7, 11) is 0. The Labute approximate surface area is 117 Å². The van der Waals surface area contributed by atoms with E-state index in [1.54, 1.807) is 0 Å². The molecule has 100 valence electrons. The Balaban J connectivity index is 2.44. The van der Waals surface area contributed by atoms with Crippen molar-refractivity contribution in [3.8, 4) is 0 Å². The third-order valence-corrected chi connectivity index (χ3v) is 3.68. The molecule has 0 aliphatic rings. The SMILES string of the molecule is CCC(C)NC(=O)CN[C@@H](C)c1ccccc1Br. The largest absolute Gasteiger partial charge is 0.353 e. The molecule has 0 aliphatic carbocycles. The van der Waals surface area contributed by atoms with Crippen molar-refractivity contribution >= 4 is 21.8 Å². The smallest absolute Gasteiger partial charge is 0.234 e. The number of benzene rings is 1. The molecule has 1 aromatic carbocycles. The van der Waals surface area contributed by atoms with Gasteiger partial charge in [-0.3, -0.25) is 4.79 Å². The number of carbonyl (C=O) groups is 1. The van der Waals surface area contributed by atoms with Gasteiger partial charge in [0.05, 0.1) is 6.54 Å². The highest BCUT2D eigenvalue weighted by molar-refractivity contribution is 9.10. The second-order valence-corrected chi connectivity index (χ2v) is 5.36. The average Bonchev–Trinajstić information content (AvgIpc) is 2.36. The molecule has 1 unspecified atom stereocenters. The summed E-state index contributed by atoms with van der Waals surface area (Å²) in [6, 6.07) is 8.41. The zero-order chi connectivity index (χ0) is 13.5. The number of hydrogen-bond donors (Lipinski definition) is 2. The fourth-order valence-electron chi connectivity index (χ4n) is 1.61. The first-order valence-corrected chi connectivity index (χ1v) is 7.11. The molecule has 1 rings (SSSR count). The summed E-state index contributed by atoms with van der Waals surface area (Å²) in [6.07, 6.45) is 0.950. The Bertz CT molecular complexity index is 395. The molecule has 0 saturated heterocycles. The van der Waals surface area contributed by atoms with Crippen LogP contribution in [0.5, 0.6) is 0 Å². The summed E-state index contributed by atoms with van der Waals surface area (Å²) >= 11 is 3.51. The van der Waals surface area contributed by atoms with Crippen LogP contribution in [-0.4, -0.2) is 18.5 Å². The summed E-state index contributed by atoms with van der Waals surface area (Å²) in [5, 5.41) is 6.16. The number of halogens is 1. The van der Waals surface area contributed by atoms with Crippen LogP contribution < -0.4 is 10.6 Å². The van der Waals surface area contributed by atoms with Crippen LogP contribution in [-0.2, 0) is 4.79 Å². The highest BCUT2D eigenvalue weighted by Crippen LogP contribution is 2.22. The number of nitrogens with one attached hydrogen (secondary N) is 2. The van der Waals surface area contributed by atoms with Crippen molar-refractivity contribution in [2.75, 3.05) is 6.54 Å². The van der Waals surface area contributed by atoms with Crippen LogP contribution in [0.4, 0.5) is 0 Å². The van der Waals surface area contributed by atoms with Crippen LogP contribution in [0.15, 0.2) is 28.7 Å². The predicted molar refractivity (Wildman–Crippen MR) is 78.5 cm³/mol. The number of hydrogen-bond acceptors (Lipinski definition) is 2. The van der Waals surface area contributed by atoms with E-state index < -0.39 is 0 Å². The van der Waals surface area contributed by atoms with E-state index in [9.17, 15) is 4.79 Å². The van der Waals surface area contributed by atoms with Gasteiger partial charge in [0.25, 0.3) is 0 Å². The summed E-state index contributed by atoms with van der Waals surface area (Å²) in [5.74, 6) is 0.0447. The van der Waals surface area contributed by atoms with Crippen molar-refractivity contribution < 1.29 is 4.79 Å². The van der Waals surface area contributed by atoms with Gasteiger partial charge in [0, 0.05) is 16.6 Å². The Morgan fingerprint density at radius 2 is 2.00 bits per heavy atom. The maximum absolute atomic E-state index is 11.6. The normalized spacial score (nSPS) is 14.0. The van der Waals surface area contributed by atoms with Crippen LogP contribution >= 0.6 is 15.9 Å². The highest BCUT2D eigenvalue weighted by atomic mass is 79.9. The van der Waals surface area contributed by atoms with Gasteiger partial charge in [-0.25, -0.2) is 0 Å². The van der Waals surface area contributed by atoms with E-state index in [1.807, 2.05) is 31.2 Å². The Hall–Kier alpha value is -0.870. The van der Waals surface area contributed by atoms with Crippen molar-refractivity contribution in [1.29, 1.82) is 0 Å². The molecule has 0 aromatic heterocycles. The van der Waals surface area contributed by atoms with E-state index in [2.05, 4.69) is 40.4 Å². The highest BCUT2D eigenvalue weighted by Gasteiger charge is 2.11. The first-order chi connectivity index (χ1) is 8.54. The fourth-order valence-corrected chi connectivity index (χ4v) is 2.24. The molecule has 1 aromatic rings. The predicted octanol–water partition coefficient (Wildman–Crippen LogP) is 3.01. The molecule has 0 spiro atoms. The van der Waals surface area contributed by atoms with E-state index in [0.29, 0.717) is 6.54 Å². The molecular formula is C14H21BrN2O.